The van der Waals surface area contributed by atoms with E-state index in [2.05, 4.69) is 22.2 Å². The van der Waals surface area contributed by atoms with Gasteiger partial charge in [0.2, 0.25) is 0 Å². The van der Waals surface area contributed by atoms with Gasteiger partial charge in [-0.05, 0) is 60.2 Å². The predicted molar refractivity (Wildman–Crippen MR) is 145 cm³/mol. The van der Waals surface area contributed by atoms with E-state index in [4.69, 9.17) is 21.4 Å². The second-order valence-corrected chi connectivity index (χ2v) is 8.58. The van der Waals surface area contributed by atoms with Crippen LogP contribution in [-0.2, 0) is 6.54 Å². The average molecular weight is 514 g/mol. The normalized spacial score (nSPS) is 10.4. The summed E-state index contributed by atoms with van der Waals surface area (Å²) in [6, 6.07) is 18.3. The minimum atomic E-state index is -0.472. The van der Waals surface area contributed by atoms with Gasteiger partial charge in [-0.15, -0.1) is 0 Å². The molecule has 0 aliphatic carbocycles. The number of rotatable bonds is 8. The third-order valence-electron chi connectivity index (χ3n) is 5.51. The summed E-state index contributed by atoms with van der Waals surface area (Å²) in [7, 11) is 1.79. The Morgan fingerprint density at radius 1 is 1.05 bits per heavy atom. The highest BCUT2D eigenvalue weighted by Gasteiger charge is 2.17. The number of aromatic nitrogens is 1. The first-order valence-corrected chi connectivity index (χ1v) is 11.6. The molecule has 2 aromatic carbocycles. The van der Waals surface area contributed by atoms with Crippen LogP contribution in [0.2, 0.25) is 5.02 Å². The second kappa shape index (κ2) is 11.4. The molecule has 0 atom stereocenters. The van der Waals surface area contributed by atoms with Gasteiger partial charge in [-0.3, -0.25) is 15.0 Å². The molecule has 2 aromatic heterocycles. The molecule has 37 heavy (non-hydrogen) atoms. The molecule has 0 unspecified atom stereocenters. The quantitative estimate of drug-likeness (QED) is 0.199. The summed E-state index contributed by atoms with van der Waals surface area (Å²) in [6.45, 7) is 4.13. The number of nitrogens with zero attached hydrogens (tertiary/aromatic N) is 2. The van der Waals surface area contributed by atoms with E-state index in [9.17, 15) is 9.59 Å². The Morgan fingerprint density at radius 3 is 2.46 bits per heavy atom. The maximum atomic E-state index is 13.0. The van der Waals surface area contributed by atoms with Crippen molar-refractivity contribution in [3.05, 3.63) is 119 Å². The Labute approximate surface area is 219 Å². The molecule has 4 aromatic rings. The molecule has 2 amide bonds. The van der Waals surface area contributed by atoms with Crippen LogP contribution in [-0.4, -0.2) is 34.6 Å². The van der Waals surface area contributed by atoms with Gasteiger partial charge in [0.05, 0.1) is 24.1 Å². The maximum Gasteiger partial charge on any atom is 0.258 e. The summed E-state index contributed by atoms with van der Waals surface area (Å²) in [6.07, 6.45) is 4.83. The largest absolute Gasteiger partial charge is 0.467 e. The molecule has 0 aliphatic heterocycles. The zero-order chi connectivity index (χ0) is 26.4. The molecular formula is C28H24ClN5O3. The van der Waals surface area contributed by atoms with Gasteiger partial charge in [0.1, 0.15) is 17.4 Å². The van der Waals surface area contributed by atoms with E-state index in [0.717, 1.165) is 11.3 Å². The molecular weight excluding hydrogens is 490 g/mol. The number of nitrogens with one attached hydrogen (secondary N) is 3. The van der Waals surface area contributed by atoms with Gasteiger partial charge in [0.15, 0.2) is 0 Å². The summed E-state index contributed by atoms with van der Waals surface area (Å²) in [4.78, 5) is 31.8. The first-order valence-electron chi connectivity index (χ1n) is 11.3. The van der Waals surface area contributed by atoms with Crippen LogP contribution < -0.4 is 10.6 Å². The number of pyridine rings is 1. The molecule has 0 bridgehead atoms. The van der Waals surface area contributed by atoms with Gasteiger partial charge < -0.3 is 20.0 Å². The fourth-order valence-electron chi connectivity index (χ4n) is 3.51. The topological polar surface area (TPSA) is 111 Å². The molecule has 0 fully saturated rings. The molecule has 8 nitrogen and oxygen atoms in total. The van der Waals surface area contributed by atoms with Gasteiger partial charge in [-0.25, -0.2) is 4.98 Å². The van der Waals surface area contributed by atoms with Crippen molar-refractivity contribution < 1.29 is 14.0 Å². The summed E-state index contributed by atoms with van der Waals surface area (Å²) in [5, 5.41) is 14.2. The van der Waals surface area contributed by atoms with E-state index < -0.39 is 11.8 Å². The molecule has 0 saturated heterocycles. The lowest BCUT2D eigenvalue weighted by Gasteiger charge is -2.19. The molecule has 9 heteroatoms. The van der Waals surface area contributed by atoms with E-state index >= 15 is 0 Å². The molecule has 0 saturated carbocycles. The number of hydrogen-bond donors (Lipinski definition) is 3. The fourth-order valence-corrected chi connectivity index (χ4v) is 3.68. The maximum absolute atomic E-state index is 13.0. The predicted octanol–water partition coefficient (Wildman–Crippen LogP) is 5.93. The van der Waals surface area contributed by atoms with Crippen LogP contribution in [0.3, 0.4) is 0 Å². The van der Waals surface area contributed by atoms with Crippen molar-refractivity contribution in [1.82, 2.24) is 9.88 Å². The van der Waals surface area contributed by atoms with Crippen LogP contribution in [0.15, 0.2) is 90.2 Å². The Kier molecular flexibility index (Phi) is 7.80. The van der Waals surface area contributed by atoms with Crippen molar-refractivity contribution in [3.8, 4) is 0 Å². The lowest BCUT2D eigenvalue weighted by atomic mass is 10.1. The highest BCUT2D eigenvalue weighted by Crippen LogP contribution is 2.23. The molecule has 2 heterocycles. The first-order chi connectivity index (χ1) is 17.8. The lowest BCUT2D eigenvalue weighted by molar-refractivity contribution is 0.102. The van der Waals surface area contributed by atoms with Crippen LogP contribution >= 0.6 is 11.6 Å². The number of amidine groups is 1. The highest BCUT2D eigenvalue weighted by atomic mass is 35.5. The molecule has 3 N–H and O–H groups in total. The molecule has 0 aliphatic rings. The number of furan rings is 1. The average Bonchev–Trinajstić information content (AvgIpc) is 3.42. The van der Waals surface area contributed by atoms with E-state index in [-0.39, 0.29) is 11.4 Å². The Morgan fingerprint density at radius 2 is 1.81 bits per heavy atom. The van der Waals surface area contributed by atoms with Crippen LogP contribution in [0.5, 0.6) is 0 Å². The van der Waals surface area contributed by atoms with Crippen molar-refractivity contribution in [2.24, 2.45) is 0 Å². The Bertz CT molecular complexity index is 1430. The summed E-state index contributed by atoms with van der Waals surface area (Å²) < 4.78 is 5.34. The van der Waals surface area contributed by atoms with E-state index in [1.54, 1.807) is 85.1 Å². The summed E-state index contributed by atoms with van der Waals surface area (Å²) >= 11 is 6.12. The van der Waals surface area contributed by atoms with Crippen molar-refractivity contribution in [3.63, 3.8) is 0 Å². The fraction of sp³-hybridized carbons (Fsp3) is 0.0714. The molecule has 0 radical (unpaired) electrons. The molecule has 4 rings (SSSR count). The van der Waals surface area contributed by atoms with Gasteiger partial charge in [-0.1, -0.05) is 36.4 Å². The Hall–Kier alpha value is -4.69. The van der Waals surface area contributed by atoms with Crippen molar-refractivity contribution in [2.75, 3.05) is 17.7 Å². The number of hydrogen-bond acceptors (Lipinski definition) is 5. The number of carbonyl (C=O) groups is 2. The standard InChI is InChI=1S/C28H24ClN5O3/c1-3-18-6-13-25(31-16-18)33-28(36)23-15-21(29)11-12-24(23)32-27(35)20-9-7-19(8-10-20)26(30)34(2)17-22-5-4-14-37-22/h3-16,30H,1,17H2,2H3,(H,32,35)(H,31,33,36). The van der Waals surface area contributed by atoms with Gasteiger partial charge in [0.25, 0.3) is 11.8 Å². The van der Waals surface area contributed by atoms with Crippen molar-refractivity contribution in [1.29, 1.82) is 5.41 Å². The van der Waals surface area contributed by atoms with E-state index in [0.29, 0.717) is 34.2 Å². The number of benzene rings is 2. The minimum Gasteiger partial charge on any atom is -0.467 e. The smallest absolute Gasteiger partial charge is 0.258 e. The van der Waals surface area contributed by atoms with Crippen LogP contribution in [0.1, 0.15) is 37.6 Å². The van der Waals surface area contributed by atoms with Gasteiger partial charge in [0, 0.05) is 29.4 Å². The van der Waals surface area contributed by atoms with Crippen molar-refractivity contribution in [2.45, 2.75) is 6.54 Å². The summed E-state index contributed by atoms with van der Waals surface area (Å²) in [5.41, 5.74) is 2.32. The Balaban J connectivity index is 1.45. The van der Waals surface area contributed by atoms with Crippen LogP contribution in [0.4, 0.5) is 11.5 Å². The SMILES string of the molecule is C=Cc1ccc(NC(=O)c2cc(Cl)ccc2NC(=O)c2ccc(C(=N)N(C)Cc3ccco3)cc2)nc1. The second-order valence-electron chi connectivity index (χ2n) is 8.14. The summed E-state index contributed by atoms with van der Waals surface area (Å²) in [5.74, 6) is 0.500. The van der Waals surface area contributed by atoms with Crippen LogP contribution in [0.25, 0.3) is 6.08 Å². The zero-order valence-corrected chi connectivity index (χ0v) is 20.8. The molecule has 0 spiro atoms. The third kappa shape index (κ3) is 6.31. The number of amides is 2. The molecule has 186 valence electrons. The number of carbonyl (C=O) groups excluding carboxylic acids is 2. The zero-order valence-electron chi connectivity index (χ0n) is 20.0. The van der Waals surface area contributed by atoms with Crippen molar-refractivity contribution >= 4 is 46.8 Å². The first kappa shape index (κ1) is 25.4. The monoisotopic (exact) mass is 513 g/mol. The third-order valence-corrected chi connectivity index (χ3v) is 5.75. The number of anilines is 2. The van der Waals surface area contributed by atoms with E-state index in [1.807, 2.05) is 6.07 Å². The van der Waals surface area contributed by atoms with Gasteiger partial charge in [-0.2, -0.15) is 0 Å². The number of halogens is 1. The van der Waals surface area contributed by atoms with Gasteiger partial charge >= 0.3 is 0 Å². The highest BCUT2D eigenvalue weighted by molar-refractivity contribution is 6.31. The minimum absolute atomic E-state index is 0.188. The van der Waals surface area contributed by atoms with Crippen LogP contribution in [0, 0.1) is 5.41 Å². The lowest BCUT2D eigenvalue weighted by Crippen LogP contribution is -2.26. The van der Waals surface area contributed by atoms with E-state index in [1.165, 1.54) is 6.07 Å².